The summed E-state index contributed by atoms with van der Waals surface area (Å²) >= 11 is 6.00. The van der Waals surface area contributed by atoms with Crippen LogP contribution in [0.3, 0.4) is 0 Å². The van der Waals surface area contributed by atoms with Gasteiger partial charge >= 0.3 is 0 Å². The van der Waals surface area contributed by atoms with E-state index < -0.39 is 21.5 Å². The molecule has 0 aliphatic heterocycles. The molecule has 1 aromatic heterocycles. The molecule has 1 heterocycles. The summed E-state index contributed by atoms with van der Waals surface area (Å²) in [5.41, 5.74) is 2.41. The van der Waals surface area contributed by atoms with Gasteiger partial charge in [-0.15, -0.1) is 10.2 Å². The van der Waals surface area contributed by atoms with Gasteiger partial charge in [0.25, 0.3) is 0 Å². The fourth-order valence-corrected chi connectivity index (χ4v) is 3.77. The number of aromatic nitrogens is 2. The molecule has 0 N–H and O–H groups in total. The Bertz CT molecular complexity index is 1390. The first-order valence-electron chi connectivity index (χ1n) is 9.28. The summed E-state index contributed by atoms with van der Waals surface area (Å²) in [4.78, 5) is 0.175. The van der Waals surface area contributed by atoms with Crippen LogP contribution < -0.4 is 4.74 Å². The lowest BCUT2D eigenvalue weighted by Gasteiger charge is -2.12. The smallest absolute Gasteiger partial charge is 0.239 e. The molecule has 4 rings (SSSR count). The van der Waals surface area contributed by atoms with Crippen LogP contribution in [-0.4, -0.2) is 24.9 Å². The van der Waals surface area contributed by atoms with Gasteiger partial charge in [-0.1, -0.05) is 35.9 Å². The third kappa shape index (κ3) is 4.76. The SMILES string of the molecule is CS(=O)(=O)c1ccc(-c2nnc(Oc3ccc(F)cc3F)cc2-c2ccc(Cl)cc2)cc1. The summed E-state index contributed by atoms with van der Waals surface area (Å²) < 4.78 is 56.2. The number of sulfone groups is 1. The first kappa shape index (κ1) is 21.9. The molecule has 0 unspecified atom stereocenters. The van der Waals surface area contributed by atoms with Gasteiger partial charge in [-0.05, 0) is 42.0 Å². The van der Waals surface area contributed by atoms with Crippen LogP contribution in [0.1, 0.15) is 0 Å². The fourth-order valence-electron chi connectivity index (χ4n) is 3.02. The highest BCUT2D eigenvalue weighted by Crippen LogP contribution is 2.34. The van der Waals surface area contributed by atoms with Crippen molar-refractivity contribution in [2.24, 2.45) is 0 Å². The first-order chi connectivity index (χ1) is 15.2. The van der Waals surface area contributed by atoms with E-state index in [0.717, 1.165) is 24.0 Å². The van der Waals surface area contributed by atoms with Crippen LogP contribution in [0.4, 0.5) is 8.78 Å². The predicted molar refractivity (Wildman–Crippen MR) is 117 cm³/mol. The maximum Gasteiger partial charge on any atom is 0.239 e. The monoisotopic (exact) mass is 472 g/mol. The highest BCUT2D eigenvalue weighted by Gasteiger charge is 2.16. The van der Waals surface area contributed by atoms with Gasteiger partial charge in [-0.3, -0.25) is 0 Å². The van der Waals surface area contributed by atoms with E-state index in [1.807, 2.05) is 0 Å². The molecular formula is C23H15ClF2N2O3S. The molecule has 0 saturated carbocycles. The van der Waals surface area contributed by atoms with Crippen LogP contribution in [0, 0.1) is 11.6 Å². The van der Waals surface area contributed by atoms with E-state index in [1.54, 1.807) is 42.5 Å². The molecule has 0 spiro atoms. The average Bonchev–Trinajstić information content (AvgIpc) is 2.76. The van der Waals surface area contributed by atoms with E-state index in [2.05, 4.69) is 10.2 Å². The zero-order valence-electron chi connectivity index (χ0n) is 16.6. The van der Waals surface area contributed by atoms with Crippen LogP contribution in [0.15, 0.2) is 77.7 Å². The molecule has 4 aromatic rings. The van der Waals surface area contributed by atoms with Crippen molar-refractivity contribution < 1.29 is 21.9 Å². The van der Waals surface area contributed by atoms with Crippen molar-refractivity contribution >= 4 is 21.4 Å². The number of rotatable bonds is 5. The minimum Gasteiger partial charge on any atom is -0.434 e. The highest BCUT2D eigenvalue weighted by atomic mass is 35.5. The molecule has 0 radical (unpaired) electrons. The molecule has 0 fully saturated rings. The van der Waals surface area contributed by atoms with Gasteiger partial charge in [0, 0.05) is 34.5 Å². The Balaban J connectivity index is 1.80. The number of benzene rings is 3. The lowest BCUT2D eigenvalue weighted by molar-refractivity contribution is 0.419. The quantitative estimate of drug-likeness (QED) is 0.359. The van der Waals surface area contributed by atoms with Gasteiger partial charge < -0.3 is 4.74 Å². The van der Waals surface area contributed by atoms with E-state index in [0.29, 0.717) is 27.9 Å². The Kier molecular flexibility index (Phi) is 5.90. The van der Waals surface area contributed by atoms with Crippen LogP contribution in [-0.2, 0) is 9.84 Å². The summed E-state index contributed by atoms with van der Waals surface area (Å²) in [6.07, 6.45) is 1.13. The van der Waals surface area contributed by atoms with Crippen molar-refractivity contribution in [2.75, 3.05) is 6.26 Å². The van der Waals surface area contributed by atoms with Crippen molar-refractivity contribution in [2.45, 2.75) is 4.90 Å². The molecule has 0 saturated heterocycles. The first-order valence-corrected chi connectivity index (χ1v) is 11.5. The molecule has 0 aliphatic carbocycles. The van der Waals surface area contributed by atoms with Gasteiger partial charge in [0.05, 0.1) is 4.90 Å². The van der Waals surface area contributed by atoms with E-state index in [-0.39, 0.29) is 16.5 Å². The Labute approximate surface area is 188 Å². The Hall–Kier alpha value is -3.36. The zero-order chi connectivity index (χ0) is 22.9. The highest BCUT2D eigenvalue weighted by molar-refractivity contribution is 7.90. The Morgan fingerprint density at radius 2 is 1.50 bits per heavy atom. The third-order valence-corrected chi connectivity index (χ3v) is 5.97. The van der Waals surface area contributed by atoms with Crippen molar-refractivity contribution in [3.05, 3.63) is 89.5 Å². The summed E-state index contributed by atoms with van der Waals surface area (Å²) in [5.74, 6) is -1.80. The lowest BCUT2D eigenvalue weighted by Crippen LogP contribution is -1.99. The standard InChI is InChI=1S/C23H15ClF2N2O3S/c1-32(29,30)18-9-4-15(5-10-18)23-19(14-2-6-16(24)7-3-14)13-22(27-28-23)31-21-11-8-17(25)12-20(21)26/h2-13H,1H3. The second-order valence-electron chi connectivity index (χ2n) is 6.93. The van der Waals surface area contributed by atoms with Crippen molar-refractivity contribution in [1.82, 2.24) is 10.2 Å². The number of hydrogen-bond donors (Lipinski definition) is 0. The number of ether oxygens (including phenoxy) is 1. The van der Waals surface area contributed by atoms with Crippen LogP contribution in [0.2, 0.25) is 5.02 Å². The topological polar surface area (TPSA) is 69.2 Å². The number of halogens is 3. The molecule has 0 amide bonds. The largest absolute Gasteiger partial charge is 0.434 e. The van der Waals surface area contributed by atoms with Crippen LogP contribution in [0.5, 0.6) is 11.6 Å². The van der Waals surface area contributed by atoms with Crippen LogP contribution in [0.25, 0.3) is 22.4 Å². The molecular weight excluding hydrogens is 458 g/mol. The van der Waals surface area contributed by atoms with Crippen molar-refractivity contribution in [1.29, 1.82) is 0 Å². The van der Waals surface area contributed by atoms with Gasteiger partial charge in [0.15, 0.2) is 21.4 Å². The molecule has 32 heavy (non-hydrogen) atoms. The van der Waals surface area contributed by atoms with Gasteiger partial charge in [0.2, 0.25) is 5.88 Å². The Morgan fingerprint density at radius 3 is 2.12 bits per heavy atom. The van der Waals surface area contributed by atoms with Gasteiger partial charge in [0.1, 0.15) is 11.5 Å². The summed E-state index contributed by atoms with van der Waals surface area (Å²) in [5, 5.41) is 8.78. The summed E-state index contributed by atoms with van der Waals surface area (Å²) in [6, 6.07) is 17.7. The molecule has 162 valence electrons. The van der Waals surface area contributed by atoms with E-state index in [9.17, 15) is 17.2 Å². The molecule has 3 aromatic carbocycles. The third-order valence-electron chi connectivity index (χ3n) is 4.59. The predicted octanol–water partition coefficient (Wildman–Crippen LogP) is 5.94. The second kappa shape index (κ2) is 8.64. The summed E-state index contributed by atoms with van der Waals surface area (Å²) in [6.45, 7) is 0. The number of hydrogen-bond acceptors (Lipinski definition) is 5. The maximum atomic E-state index is 14.0. The number of nitrogens with zero attached hydrogens (tertiary/aromatic N) is 2. The van der Waals surface area contributed by atoms with Gasteiger partial charge in [-0.25, -0.2) is 17.2 Å². The second-order valence-corrected chi connectivity index (χ2v) is 9.38. The minimum atomic E-state index is -3.35. The minimum absolute atomic E-state index is 0.00281. The van der Waals surface area contributed by atoms with E-state index in [1.165, 1.54) is 12.1 Å². The fraction of sp³-hybridized carbons (Fsp3) is 0.0435. The molecule has 0 aliphatic rings. The molecule has 9 heteroatoms. The molecule has 5 nitrogen and oxygen atoms in total. The van der Waals surface area contributed by atoms with Gasteiger partial charge in [-0.2, -0.15) is 0 Å². The Morgan fingerprint density at radius 1 is 0.844 bits per heavy atom. The maximum absolute atomic E-state index is 14.0. The lowest BCUT2D eigenvalue weighted by atomic mass is 10.00. The van der Waals surface area contributed by atoms with E-state index in [4.69, 9.17) is 16.3 Å². The van der Waals surface area contributed by atoms with E-state index >= 15 is 0 Å². The van der Waals surface area contributed by atoms with Crippen LogP contribution >= 0.6 is 11.6 Å². The molecule has 0 atom stereocenters. The van der Waals surface area contributed by atoms with Crippen molar-refractivity contribution in [3.8, 4) is 34.0 Å². The van der Waals surface area contributed by atoms with Crippen molar-refractivity contribution in [3.63, 3.8) is 0 Å². The normalized spacial score (nSPS) is 11.4. The average molecular weight is 473 g/mol. The summed E-state index contributed by atoms with van der Waals surface area (Å²) in [7, 11) is -3.35. The molecule has 0 bridgehead atoms. The zero-order valence-corrected chi connectivity index (χ0v) is 18.2.